The molecule has 0 fully saturated rings. The Morgan fingerprint density at radius 1 is 1.29 bits per heavy atom. The number of nitrogens with zero attached hydrogens (tertiary/aromatic N) is 1. The summed E-state index contributed by atoms with van der Waals surface area (Å²) in [4.78, 5) is 12.7. The Balaban J connectivity index is 1.97. The molecule has 1 aromatic carbocycles. The van der Waals surface area contributed by atoms with Crippen molar-refractivity contribution >= 4 is 23.5 Å². The molecule has 3 nitrogen and oxygen atoms in total. The van der Waals surface area contributed by atoms with Gasteiger partial charge in [-0.25, -0.2) is 5.43 Å². The summed E-state index contributed by atoms with van der Waals surface area (Å²) >= 11 is 1.60. The van der Waals surface area contributed by atoms with E-state index < -0.39 is 0 Å². The van der Waals surface area contributed by atoms with Crippen molar-refractivity contribution in [3.05, 3.63) is 57.8 Å². The molecule has 2 aromatic rings. The Hall–Kier alpha value is -1.94. The molecule has 0 saturated carbocycles. The zero-order valence-corrected chi connectivity index (χ0v) is 10.2. The van der Waals surface area contributed by atoms with Crippen LogP contribution < -0.4 is 5.43 Å². The van der Waals surface area contributed by atoms with E-state index in [4.69, 9.17) is 0 Å². The molecular formula is C13H12N2OS. The first-order chi connectivity index (χ1) is 8.27. The molecule has 4 heteroatoms. The molecule has 1 heterocycles. The van der Waals surface area contributed by atoms with E-state index in [1.807, 2.05) is 36.6 Å². The van der Waals surface area contributed by atoms with Gasteiger partial charge in [0.1, 0.15) is 0 Å². The average molecular weight is 244 g/mol. The van der Waals surface area contributed by atoms with Gasteiger partial charge in [-0.1, -0.05) is 18.2 Å². The van der Waals surface area contributed by atoms with Gasteiger partial charge in [0.25, 0.3) is 5.91 Å². The van der Waals surface area contributed by atoms with Crippen LogP contribution in [0.25, 0.3) is 0 Å². The van der Waals surface area contributed by atoms with Crippen molar-refractivity contribution in [2.45, 2.75) is 6.92 Å². The van der Waals surface area contributed by atoms with Gasteiger partial charge < -0.3 is 0 Å². The number of hydrogen-bond donors (Lipinski definition) is 1. The molecule has 0 radical (unpaired) electrons. The van der Waals surface area contributed by atoms with Gasteiger partial charge in [0.05, 0.1) is 6.21 Å². The number of nitrogens with one attached hydrogen (secondary N) is 1. The summed E-state index contributed by atoms with van der Waals surface area (Å²) in [6.07, 6.45) is 1.67. The summed E-state index contributed by atoms with van der Waals surface area (Å²) in [7, 11) is 0. The SMILES string of the molecule is Cc1ccsc1/C=N\NC(=O)c1ccccc1. The Morgan fingerprint density at radius 2 is 2.06 bits per heavy atom. The normalized spacial score (nSPS) is 10.6. The molecule has 1 aromatic heterocycles. The van der Waals surface area contributed by atoms with Gasteiger partial charge in [0.2, 0.25) is 0 Å². The summed E-state index contributed by atoms with van der Waals surface area (Å²) in [6, 6.07) is 11.0. The monoisotopic (exact) mass is 244 g/mol. The zero-order valence-electron chi connectivity index (χ0n) is 9.38. The third-order valence-corrected chi connectivity index (χ3v) is 3.24. The van der Waals surface area contributed by atoms with E-state index in [0.717, 1.165) is 10.4 Å². The maximum Gasteiger partial charge on any atom is 0.271 e. The number of thiophene rings is 1. The summed E-state index contributed by atoms with van der Waals surface area (Å²) in [6.45, 7) is 2.01. The molecule has 0 spiro atoms. The lowest BCUT2D eigenvalue weighted by molar-refractivity contribution is 0.0955. The first kappa shape index (κ1) is 11.5. The predicted octanol–water partition coefficient (Wildman–Crippen LogP) is 2.82. The van der Waals surface area contributed by atoms with Crippen LogP contribution in [0.4, 0.5) is 0 Å². The molecule has 0 aliphatic heterocycles. The molecular weight excluding hydrogens is 232 g/mol. The summed E-state index contributed by atoms with van der Waals surface area (Å²) in [5.41, 5.74) is 4.27. The van der Waals surface area contributed by atoms with Crippen LogP contribution in [0.15, 0.2) is 46.9 Å². The molecule has 2 rings (SSSR count). The minimum atomic E-state index is -0.198. The smallest absolute Gasteiger partial charge is 0.267 e. The van der Waals surface area contributed by atoms with Gasteiger partial charge in [-0.15, -0.1) is 11.3 Å². The minimum absolute atomic E-state index is 0.198. The van der Waals surface area contributed by atoms with Crippen molar-refractivity contribution < 1.29 is 4.79 Å². The second kappa shape index (κ2) is 5.41. The highest BCUT2D eigenvalue weighted by molar-refractivity contribution is 7.11. The fraction of sp³-hybridized carbons (Fsp3) is 0.0769. The van der Waals surface area contributed by atoms with Gasteiger partial charge >= 0.3 is 0 Å². The van der Waals surface area contributed by atoms with Gasteiger partial charge in [-0.2, -0.15) is 5.10 Å². The number of carbonyl (C=O) groups is 1. The first-order valence-electron chi connectivity index (χ1n) is 5.20. The Morgan fingerprint density at radius 3 is 2.71 bits per heavy atom. The van der Waals surface area contributed by atoms with Crippen molar-refractivity contribution in [3.63, 3.8) is 0 Å². The van der Waals surface area contributed by atoms with Gasteiger partial charge in [-0.05, 0) is 36.1 Å². The van der Waals surface area contributed by atoms with E-state index in [9.17, 15) is 4.79 Å². The first-order valence-corrected chi connectivity index (χ1v) is 6.08. The highest BCUT2D eigenvalue weighted by Gasteiger charge is 2.01. The summed E-state index contributed by atoms with van der Waals surface area (Å²) in [5.74, 6) is -0.198. The predicted molar refractivity (Wildman–Crippen MR) is 70.6 cm³/mol. The van der Waals surface area contributed by atoms with Crippen LogP contribution >= 0.6 is 11.3 Å². The number of hydrazone groups is 1. The lowest BCUT2D eigenvalue weighted by Gasteiger charge is -1.98. The summed E-state index contributed by atoms with van der Waals surface area (Å²) in [5, 5.41) is 5.93. The lowest BCUT2D eigenvalue weighted by atomic mass is 10.2. The molecule has 1 N–H and O–H groups in total. The number of amides is 1. The lowest BCUT2D eigenvalue weighted by Crippen LogP contribution is -2.17. The fourth-order valence-electron chi connectivity index (χ4n) is 1.32. The molecule has 0 aliphatic rings. The molecule has 17 heavy (non-hydrogen) atoms. The third kappa shape index (κ3) is 3.01. The number of benzene rings is 1. The van der Waals surface area contributed by atoms with Crippen molar-refractivity contribution in [2.24, 2.45) is 5.10 Å². The van der Waals surface area contributed by atoms with Crippen molar-refractivity contribution in [1.82, 2.24) is 5.43 Å². The van der Waals surface area contributed by atoms with Crippen molar-refractivity contribution in [2.75, 3.05) is 0 Å². The van der Waals surface area contributed by atoms with Crippen LogP contribution in [0.5, 0.6) is 0 Å². The van der Waals surface area contributed by atoms with Crippen LogP contribution in [0.1, 0.15) is 20.8 Å². The highest BCUT2D eigenvalue weighted by Crippen LogP contribution is 2.12. The second-order valence-corrected chi connectivity index (χ2v) is 4.48. The molecule has 86 valence electrons. The van der Waals surface area contributed by atoms with Crippen LogP contribution in [0.2, 0.25) is 0 Å². The number of aryl methyl sites for hydroxylation is 1. The van der Waals surface area contributed by atoms with E-state index in [1.54, 1.807) is 29.7 Å². The van der Waals surface area contributed by atoms with Gasteiger partial charge in [-0.3, -0.25) is 4.79 Å². The number of hydrogen-bond acceptors (Lipinski definition) is 3. The number of rotatable bonds is 3. The molecule has 0 atom stereocenters. The van der Waals surface area contributed by atoms with Gasteiger partial charge in [0.15, 0.2) is 0 Å². The second-order valence-electron chi connectivity index (χ2n) is 3.53. The van der Waals surface area contributed by atoms with E-state index in [-0.39, 0.29) is 5.91 Å². The molecule has 0 aliphatic carbocycles. The number of carbonyl (C=O) groups excluding carboxylic acids is 1. The van der Waals surface area contributed by atoms with E-state index >= 15 is 0 Å². The maximum absolute atomic E-state index is 11.6. The fourth-order valence-corrected chi connectivity index (χ4v) is 2.11. The maximum atomic E-state index is 11.6. The Labute approximate surface area is 104 Å². The van der Waals surface area contributed by atoms with E-state index in [1.165, 1.54) is 0 Å². The minimum Gasteiger partial charge on any atom is -0.267 e. The van der Waals surface area contributed by atoms with Crippen LogP contribution in [-0.4, -0.2) is 12.1 Å². The van der Waals surface area contributed by atoms with Crippen molar-refractivity contribution in [1.29, 1.82) is 0 Å². The van der Waals surface area contributed by atoms with Crippen LogP contribution in [0.3, 0.4) is 0 Å². The van der Waals surface area contributed by atoms with Crippen LogP contribution in [0, 0.1) is 6.92 Å². The average Bonchev–Trinajstić information content (AvgIpc) is 2.76. The van der Waals surface area contributed by atoms with E-state index in [2.05, 4.69) is 10.5 Å². The highest BCUT2D eigenvalue weighted by atomic mass is 32.1. The quantitative estimate of drug-likeness (QED) is 0.654. The molecule has 1 amide bonds. The standard InChI is InChI=1S/C13H12N2OS/c1-10-7-8-17-12(10)9-14-15-13(16)11-5-3-2-4-6-11/h2-9H,1H3,(H,15,16)/b14-9-. The third-order valence-electron chi connectivity index (χ3n) is 2.29. The van der Waals surface area contributed by atoms with E-state index in [0.29, 0.717) is 5.56 Å². The molecule has 0 saturated heterocycles. The van der Waals surface area contributed by atoms with Crippen LogP contribution in [-0.2, 0) is 0 Å². The zero-order chi connectivity index (χ0) is 12.1. The van der Waals surface area contributed by atoms with Crippen molar-refractivity contribution in [3.8, 4) is 0 Å². The Bertz CT molecular complexity index is 531. The Kier molecular flexibility index (Phi) is 3.67. The largest absolute Gasteiger partial charge is 0.271 e. The van der Waals surface area contributed by atoms with Gasteiger partial charge in [0, 0.05) is 10.4 Å². The summed E-state index contributed by atoms with van der Waals surface area (Å²) < 4.78 is 0. The molecule has 0 unspecified atom stereocenters. The molecule has 0 bridgehead atoms. The topological polar surface area (TPSA) is 41.5 Å².